The number of nitrogens with one attached hydrogen (secondary N) is 2. The second kappa shape index (κ2) is 6.15. The van der Waals surface area contributed by atoms with E-state index < -0.39 is 0 Å². The van der Waals surface area contributed by atoms with Crippen molar-refractivity contribution < 1.29 is 4.79 Å². The van der Waals surface area contributed by atoms with Crippen LogP contribution < -0.4 is 10.6 Å². The highest BCUT2D eigenvalue weighted by molar-refractivity contribution is 7.13. The number of carbonyl (C=O) groups is 1. The minimum absolute atomic E-state index is 0.0533. The van der Waals surface area contributed by atoms with Crippen molar-refractivity contribution in [2.45, 2.75) is 25.3 Å². The summed E-state index contributed by atoms with van der Waals surface area (Å²) in [5.41, 5.74) is 1.91. The van der Waals surface area contributed by atoms with Crippen molar-refractivity contribution in [3.63, 3.8) is 0 Å². The zero-order chi connectivity index (χ0) is 13.8. The van der Waals surface area contributed by atoms with Crippen LogP contribution in [0.4, 0.5) is 5.69 Å². The molecule has 2 N–H and O–H groups in total. The number of thiazole rings is 1. The Bertz CT molecular complexity index is 559. The van der Waals surface area contributed by atoms with Gasteiger partial charge in [-0.2, -0.15) is 0 Å². The van der Waals surface area contributed by atoms with E-state index in [0.29, 0.717) is 0 Å². The fraction of sp³-hybridized carbons (Fsp3) is 0.333. The summed E-state index contributed by atoms with van der Waals surface area (Å²) >= 11 is 1.61. The van der Waals surface area contributed by atoms with E-state index in [4.69, 9.17) is 0 Å². The Kier molecular flexibility index (Phi) is 4.08. The van der Waals surface area contributed by atoms with Gasteiger partial charge in [0.15, 0.2) is 0 Å². The first kappa shape index (κ1) is 13.3. The van der Waals surface area contributed by atoms with Gasteiger partial charge in [-0.1, -0.05) is 6.42 Å². The van der Waals surface area contributed by atoms with E-state index in [1.807, 2.05) is 29.6 Å². The first-order valence-electron chi connectivity index (χ1n) is 6.87. The Morgan fingerprint density at radius 1 is 1.30 bits per heavy atom. The van der Waals surface area contributed by atoms with Crippen molar-refractivity contribution >= 4 is 22.9 Å². The smallest absolute Gasteiger partial charge is 0.241 e. The second-order valence-electron chi connectivity index (χ2n) is 4.91. The summed E-state index contributed by atoms with van der Waals surface area (Å²) in [6, 6.07) is 7.78. The number of aromatic nitrogens is 1. The van der Waals surface area contributed by atoms with Crippen molar-refractivity contribution in [2.24, 2.45) is 0 Å². The van der Waals surface area contributed by atoms with Crippen LogP contribution in [0.5, 0.6) is 0 Å². The van der Waals surface area contributed by atoms with Crippen LogP contribution in [0.15, 0.2) is 35.8 Å². The lowest BCUT2D eigenvalue weighted by Crippen LogP contribution is -2.43. The molecular weight excluding hydrogens is 270 g/mol. The fourth-order valence-corrected chi connectivity index (χ4v) is 3.01. The molecule has 1 aromatic carbocycles. The van der Waals surface area contributed by atoms with E-state index in [-0.39, 0.29) is 11.9 Å². The molecule has 0 spiro atoms. The number of carbonyl (C=O) groups excluding carboxylic acids is 1. The van der Waals surface area contributed by atoms with E-state index in [2.05, 4.69) is 15.6 Å². The maximum Gasteiger partial charge on any atom is 0.241 e. The summed E-state index contributed by atoms with van der Waals surface area (Å²) in [5.74, 6) is 0.0618. The first-order chi connectivity index (χ1) is 9.83. The summed E-state index contributed by atoms with van der Waals surface area (Å²) < 4.78 is 0. The summed E-state index contributed by atoms with van der Waals surface area (Å²) in [6.07, 6.45) is 4.99. The van der Waals surface area contributed by atoms with Gasteiger partial charge in [-0.25, -0.2) is 4.98 Å². The summed E-state index contributed by atoms with van der Waals surface area (Å²) in [4.78, 5) is 16.4. The monoisotopic (exact) mass is 287 g/mol. The summed E-state index contributed by atoms with van der Waals surface area (Å²) in [7, 11) is 0. The molecule has 1 aliphatic heterocycles. The molecule has 20 heavy (non-hydrogen) atoms. The molecule has 2 heterocycles. The third-order valence-corrected chi connectivity index (χ3v) is 4.28. The Morgan fingerprint density at radius 3 is 2.80 bits per heavy atom. The summed E-state index contributed by atoms with van der Waals surface area (Å²) in [5, 5.41) is 9.17. The molecule has 0 saturated carbocycles. The van der Waals surface area contributed by atoms with Gasteiger partial charge in [0.2, 0.25) is 5.91 Å². The maximum atomic E-state index is 12.1. The number of anilines is 1. The number of rotatable bonds is 3. The van der Waals surface area contributed by atoms with E-state index in [9.17, 15) is 4.79 Å². The largest absolute Gasteiger partial charge is 0.325 e. The number of hydrogen-bond donors (Lipinski definition) is 2. The van der Waals surface area contributed by atoms with E-state index in [1.165, 1.54) is 0 Å². The van der Waals surface area contributed by atoms with E-state index >= 15 is 0 Å². The van der Waals surface area contributed by atoms with Crippen LogP contribution in [0.3, 0.4) is 0 Å². The van der Waals surface area contributed by atoms with Crippen LogP contribution in [0, 0.1) is 0 Å². The number of amides is 1. The average Bonchev–Trinajstić information content (AvgIpc) is 3.03. The zero-order valence-corrected chi connectivity index (χ0v) is 12.0. The molecule has 1 aromatic heterocycles. The molecule has 5 heteroatoms. The van der Waals surface area contributed by atoms with Crippen molar-refractivity contribution in [1.29, 1.82) is 0 Å². The molecule has 0 radical (unpaired) electrons. The molecule has 104 valence electrons. The predicted octanol–water partition coefficient (Wildman–Crippen LogP) is 2.89. The van der Waals surface area contributed by atoms with Gasteiger partial charge in [-0.05, 0) is 43.7 Å². The van der Waals surface area contributed by atoms with Crippen LogP contribution in [0.2, 0.25) is 0 Å². The Morgan fingerprint density at radius 2 is 2.15 bits per heavy atom. The zero-order valence-electron chi connectivity index (χ0n) is 11.1. The van der Waals surface area contributed by atoms with Gasteiger partial charge in [0, 0.05) is 22.8 Å². The molecule has 1 saturated heterocycles. The molecule has 2 aromatic rings. The van der Waals surface area contributed by atoms with Gasteiger partial charge in [0.1, 0.15) is 5.01 Å². The predicted molar refractivity (Wildman–Crippen MR) is 81.8 cm³/mol. The number of piperidine rings is 1. The van der Waals surface area contributed by atoms with E-state index in [1.54, 1.807) is 17.5 Å². The standard InChI is InChI=1S/C15H17N3OS/c19-14(13-3-1-2-8-16-13)18-12-6-4-11(5-7-12)15-17-9-10-20-15/h4-7,9-10,13,16H,1-3,8H2,(H,18,19). The Balaban J connectivity index is 1.64. The Hall–Kier alpha value is -1.72. The van der Waals surface area contributed by atoms with Gasteiger partial charge in [0.25, 0.3) is 0 Å². The first-order valence-corrected chi connectivity index (χ1v) is 7.75. The fourth-order valence-electron chi connectivity index (χ4n) is 2.37. The minimum atomic E-state index is -0.0533. The average molecular weight is 287 g/mol. The van der Waals surface area contributed by atoms with Crippen molar-refractivity contribution in [3.8, 4) is 10.6 Å². The molecule has 1 atom stereocenters. The van der Waals surface area contributed by atoms with Gasteiger partial charge in [-0.15, -0.1) is 11.3 Å². The lowest BCUT2D eigenvalue weighted by Gasteiger charge is -2.22. The SMILES string of the molecule is O=C(Nc1ccc(-c2nccs2)cc1)C1CCCCN1. The molecule has 1 unspecified atom stereocenters. The van der Waals surface area contributed by atoms with Gasteiger partial charge >= 0.3 is 0 Å². The van der Waals surface area contributed by atoms with Crippen LogP contribution in [-0.4, -0.2) is 23.5 Å². The van der Waals surface area contributed by atoms with Crippen molar-refractivity contribution in [2.75, 3.05) is 11.9 Å². The van der Waals surface area contributed by atoms with Crippen molar-refractivity contribution in [1.82, 2.24) is 10.3 Å². The normalized spacial score (nSPS) is 18.7. The number of benzene rings is 1. The summed E-state index contributed by atoms with van der Waals surface area (Å²) in [6.45, 7) is 0.932. The molecule has 0 bridgehead atoms. The van der Waals surface area contributed by atoms with Crippen LogP contribution in [0.1, 0.15) is 19.3 Å². The topological polar surface area (TPSA) is 54.0 Å². The number of hydrogen-bond acceptors (Lipinski definition) is 4. The third-order valence-electron chi connectivity index (χ3n) is 3.46. The lowest BCUT2D eigenvalue weighted by molar-refractivity contribution is -0.118. The quantitative estimate of drug-likeness (QED) is 0.912. The van der Waals surface area contributed by atoms with Crippen molar-refractivity contribution in [3.05, 3.63) is 35.8 Å². The highest BCUT2D eigenvalue weighted by Crippen LogP contribution is 2.23. The molecule has 1 aliphatic rings. The van der Waals surface area contributed by atoms with Crippen LogP contribution in [-0.2, 0) is 4.79 Å². The number of nitrogens with zero attached hydrogens (tertiary/aromatic N) is 1. The molecule has 4 nitrogen and oxygen atoms in total. The minimum Gasteiger partial charge on any atom is -0.325 e. The second-order valence-corrected chi connectivity index (χ2v) is 5.80. The maximum absolute atomic E-state index is 12.1. The van der Waals surface area contributed by atoms with Gasteiger partial charge in [0.05, 0.1) is 6.04 Å². The highest BCUT2D eigenvalue weighted by atomic mass is 32.1. The van der Waals surface area contributed by atoms with Crippen LogP contribution in [0.25, 0.3) is 10.6 Å². The van der Waals surface area contributed by atoms with Crippen LogP contribution >= 0.6 is 11.3 Å². The van der Waals surface area contributed by atoms with Gasteiger partial charge < -0.3 is 10.6 Å². The molecular formula is C15H17N3OS. The third kappa shape index (κ3) is 3.05. The van der Waals surface area contributed by atoms with E-state index in [0.717, 1.165) is 42.1 Å². The van der Waals surface area contributed by atoms with Gasteiger partial charge in [-0.3, -0.25) is 4.79 Å². The lowest BCUT2D eigenvalue weighted by atomic mass is 10.0. The Labute approximate surface area is 122 Å². The molecule has 1 amide bonds. The highest BCUT2D eigenvalue weighted by Gasteiger charge is 2.20. The molecule has 0 aliphatic carbocycles. The molecule has 1 fully saturated rings. The molecule has 3 rings (SSSR count).